The first kappa shape index (κ1) is 13.4. The summed E-state index contributed by atoms with van der Waals surface area (Å²) in [5.74, 6) is 0. The second kappa shape index (κ2) is 5.29. The summed E-state index contributed by atoms with van der Waals surface area (Å²) < 4.78 is 5.63. The Morgan fingerprint density at radius 1 is 1.39 bits per heavy atom. The maximum absolute atomic E-state index is 9.86. The Hall–Kier alpha value is -1.06. The van der Waals surface area contributed by atoms with Crippen molar-refractivity contribution in [3.05, 3.63) is 29.8 Å². The van der Waals surface area contributed by atoms with Crippen molar-refractivity contribution in [3.8, 4) is 0 Å². The highest BCUT2D eigenvalue weighted by atomic mass is 16.5. The molecule has 18 heavy (non-hydrogen) atoms. The predicted molar refractivity (Wildman–Crippen MR) is 73.9 cm³/mol. The molecule has 1 aliphatic heterocycles. The van der Waals surface area contributed by atoms with E-state index >= 15 is 0 Å². The number of para-hydroxylation sites is 1. The number of methoxy groups -OCH3 is 1. The van der Waals surface area contributed by atoms with Crippen LogP contribution in [0.15, 0.2) is 24.3 Å². The molecule has 1 aromatic carbocycles. The molecular formula is C15H23NO2. The van der Waals surface area contributed by atoms with Crippen molar-refractivity contribution in [3.63, 3.8) is 0 Å². The van der Waals surface area contributed by atoms with E-state index in [4.69, 9.17) is 4.74 Å². The zero-order valence-corrected chi connectivity index (χ0v) is 11.5. The Kier molecular flexibility index (Phi) is 3.93. The fraction of sp³-hybridized carbons (Fsp3) is 0.600. The van der Waals surface area contributed by atoms with Crippen LogP contribution in [0.2, 0.25) is 0 Å². The lowest BCUT2D eigenvalue weighted by Gasteiger charge is -2.41. The van der Waals surface area contributed by atoms with Gasteiger partial charge >= 0.3 is 0 Å². The minimum Gasteiger partial charge on any atom is -0.389 e. The molecule has 1 aromatic rings. The Balaban J connectivity index is 2.26. The summed E-state index contributed by atoms with van der Waals surface area (Å²) in [6.45, 7) is 5.89. The molecule has 0 bridgehead atoms. The summed E-state index contributed by atoms with van der Waals surface area (Å²) in [6.07, 6.45) is 1.78. The highest BCUT2D eigenvalue weighted by Crippen LogP contribution is 2.32. The number of piperidine rings is 1. The normalized spacial score (nSPS) is 26.1. The van der Waals surface area contributed by atoms with E-state index in [1.165, 1.54) is 0 Å². The Bertz CT molecular complexity index is 405. The third kappa shape index (κ3) is 2.68. The first-order valence-electron chi connectivity index (χ1n) is 6.63. The lowest BCUT2D eigenvalue weighted by molar-refractivity contribution is -0.00476. The quantitative estimate of drug-likeness (QED) is 0.894. The van der Waals surface area contributed by atoms with Crippen LogP contribution in [0.1, 0.15) is 38.4 Å². The number of hydrogen-bond acceptors (Lipinski definition) is 3. The van der Waals surface area contributed by atoms with Crippen molar-refractivity contribution >= 4 is 5.69 Å². The molecule has 3 heteroatoms. The lowest BCUT2D eigenvalue weighted by atomic mass is 9.93. The molecule has 100 valence electrons. The van der Waals surface area contributed by atoms with Gasteiger partial charge in [0.05, 0.1) is 11.7 Å². The topological polar surface area (TPSA) is 32.7 Å². The standard InChI is InChI=1S/C15H23NO2/c1-12(17)13-7-4-5-8-14(13)16-10-6-9-15(2,11-16)18-3/h4-5,7-8,12,17H,6,9-11H2,1-3H3/t12-,15?/m1/s1. The van der Waals surface area contributed by atoms with Gasteiger partial charge in [-0.2, -0.15) is 0 Å². The minimum absolute atomic E-state index is 0.0793. The molecule has 1 fully saturated rings. The zero-order valence-electron chi connectivity index (χ0n) is 11.5. The molecule has 1 N–H and O–H groups in total. The van der Waals surface area contributed by atoms with E-state index in [2.05, 4.69) is 17.9 Å². The first-order valence-corrected chi connectivity index (χ1v) is 6.63. The van der Waals surface area contributed by atoms with Crippen LogP contribution in [0.5, 0.6) is 0 Å². The molecule has 2 rings (SSSR count). The molecule has 0 amide bonds. The highest BCUT2D eigenvalue weighted by Gasteiger charge is 2.31. The summed E-state index contributed by atoms with van der Waals surface area (Å²) in [6, 6.07) is 8.09. The van der Waals surface area contributed by atoms with Crippen molar-refractivity contribution in [2.45, 2.75) is 38.4 Å². The van der Waals surface area contributed by atoms with Crippen LogP contribution in [-0.4, -0.2) is 30.9 Å². The average molecular weight is 249 g/mol. The SMILES string of the molecule is COC1(C)CCCN(c2ccccc2[C@@H](C)O)C1. The molecule has 1 saturated heterocycles. The van der Waals surface area contributed by atoms with E-state index in [0.717, 1.165) is 37.2 Å². The molecule has 1 heterocycles. The largest absolute Gasteiger partial charge is 0.389 e. The van der Waals surface area contributed by atoms with Crippen LogP contribution in [0.3, 0.4) is 0 Å². The first-order chi connectivity index (χ1) is 8.56. The van der Waals surface area contributed by atoms with Crippen LogP contribution in [0.25, 0.3) is 0 Å². The van der Waals surface area contributed by atoms with Crippen LogP contribution >= 0.6 is 0 Å². The third-order valence-electron chi connectivity index (χ3n) is 3.88. The number of hydrogen-bond donors (Lipinski definition) is 1. The summed E-state index contributed by atoms with van der Waals surface area (Å²) in [7, 11) is 1.78. The van der Waals surface area contributed by atoms with E-state index in [1.54, 1.807) is 7.11 Å². The summed E-state index contributed by atoms with van der Waals surface area (Å²) >= 11 is 0. The van der Waals surface area contributed by atoms with Gasteiger partial charge in [-0.25, -0.2) is 0 Å². The smallest absolute Gasteiger partial charge is 0.0825 e. The maximum Gasteiger partial charge on any atom is 0.0825 e. The average Bonchev–Trinajstić information content (AvgIpc) is 2.39. The van der Waals surface area contributed by atoms with Gasteiger partial charge in [0, 0.05) is 31.5 Å². The fourth-order valence-corrected chi connectivity index (χ4v) is 2.71. The third-order valence-corrected chi connectivity index (χ3v) is 3.88. The number of rotatable bonds is 3. The van der Waals surface area contributed by atoms with Crippen molar-refractivity contribution in [1.82, 2.24) is 0 Å². The number of benzene rings is 1. The van der Waals surface area contributed by atoms with E-state index < -0.39 is 6.10 Å². The number of nitrogens with zero attached hydrogens (tertiary/aromatic N) is 1. The Morgan fingerprint density at radius 2 is 2.11 bits per heavy atom. The summed E-state index contributed by atoms with van der Waals surface area (Å²) in [5, 5.41) is 9.86. The molecule has 0 saturated carbocycles. The van der Waals surface area contributed by atoms with Gasteiger partial charge in [-0.15, -0.1) is 0 Å². The molecule has 2 atom stereocenters. The zero-order chi connectivity index (χ0) is 13.2. The molecule has 0 aliphatic carbocycles. The van der Waals surface area contributed by atoms with Crippen LogP contribution < -0.4 is 4.90 Å². The monoisotopic (exact) mass is 249 g/mol. The van der Waals surface area contributed by atoms with Gasteiger partial charge < -0.3 is 14.7 Å². The van der Waals surface area contributed by atoms with Gasteiger partial charge in [0.2, 0.25) is 0 Å². The molecular weight excluding hydrogens is 226 g/mol. The van der Waals surface area contributed by atoms with Crippen LogP contribution in [0.4, 0.5) is 5.69 Å². The van der Waals surface area contributed by atoms with Gasteiger partial charge in [-0.05, 0) is 32.8 Å². The maximum atomic E-state index is 9.86. The number of aliphatic hydroxyl groups is 1. The molecule has 0 aromatic heterocycles. The van der Waals surface area contributed by atoms with Crippen molar-refractivity contribution in [2.75, 3.05) is 25.1 Å². The number of ether oxygens (including phenoxy) is 1. The summed E-state index contributed by atoms with van der Waals surface area (Å²) in [5.41, 5.74) is 2.05. The fourth-order valence-electron chi connectivity index (χ4n) is 2.71. The van der Waals surface area contributed by atoms with Gasteiger partial charge in [-0.3, -0.25) is 0 Å². The predicted octanol–water partition coefficient (Wildman–Crippen LogP) is 2.75. The number of anilines is 1. The Morgan fingerprint density at radius 3 is 2.78 bits per heavy atom. The Labute approximate surface area is 109 Å². The minimum atomic E-state index is -0.433. The van der Waals surface area contributed by atoms with E-state index in [0.29, 0.717) is 0 Å². The van der Waals surface area contributed by atoms with Crippen LogP contribution in [0, 0.1) is 0 Å². The molecule has 3 nitrogen and oxygen atoms in total. The van der Waals surface area contributed by atoms with E-state index in [1.807, 2.05) is 25.1 Å². The highest BCUT2D eigenvalue weighted by molar-refractivity contribution is 5.55. The van der Waals surface area contributed by atoms with Crippen molar-refractivity contribution < 1.29 is 9.84 Å². The van der Waals surface area contributed by atoms with E-state index in [-0.39, 0.29) is 5.60 Å². The molecule has 1 unspecified atom stereocenters. The van der Waals surface area contributed by atoms with Crippen molar-refractivity contribution in [2.24, 2.45) is 0 Å². The summed E-state index contributed by atoms with van der Waals surface area (Å²) in [4.78, 5) is 2.33. The van der Waals surface area contributed by atoms with Gasteiger partial charge in [0.25, 0.3) is 0 Å². The van der Waals surface area contributed by atoms with Gasteiger partial charge in [0.1, 0.15) is 0 Å². The second-order valence-electron chi connectivity index (χ2n) is 5.41. The van der Waals surface area contributed by atoms with Crippen molar-refractivity contribution in [1.29, 1.82) is 0 Å². The lowest BCUT2D eigenvalue weighted by Crippen LogP contribution is -2.47. The molecule has 0 spiro atoms. The van der Waals surface area contributed by atoms with Crippen LogP contribution in [-0.2, 0) is 4.74 Å². The van der Waals surface area contributed by atoms with E-state index in [9.17, 15) is 5.11 Å². The molecule has 0 radical (unpaired) electrons. The van der Waals surface area contributed by atoms with Gasteiger partial charge in [-0.1, -0.05) is 18.2 Å². The second-order valence-corrected chi connectivity index (χ2v) is 5.41. The number of aliphatic hydroxyl groups excluding tert-OH is 1. The van der Waals surface area contributed by atoms with Gasteiger partial charge in [0.15, 0.2) is 0 Å². The molecule has 1 aliphatic rings.